The molecule has 0 saturated carbocycles. The van der Waals surface area contributed by atoms with Crippen molar-refractivity contribution in [2.24, 2.45) is 5.73 Å². The van der Waals surface area contributed by atoms with Crippen molar-refractivity contribution in [2.45, 2.75) is 49.3 Å². The van der Waals surface area contributed by atoms with E-state index in [2.05, 4.69) is 4.74 Å². The summed E-state index contributed by atoms with van der Waals surface area (Å²) in [5.74, 6) is -1.19. The minimum absolute atomic E-state index is 0.189. The number of nitrogens with zero attached hydrogens (tertiary/aromatic N) is 1. The number of esters is 1. The van der Waals surface area contributed by atoms with Crippen molar-refractivity contribution >= 4 is 16.0 Å². The number of alkyl halides is 3. The number of ether oxygens (including phenoxy) is 1. The van der Waals surface area contributed by atoms with E-state index in [1.54, 1.807) is 6.92 Å². The molecule has 1 saturated heterocycles. The van der Waals surface area contributed by atoms with E-state index in [9.17, 15) is 26.4 Å². The van der Waals surface area contributed by atoms with Gasteiger partial charge in [-0.2, -0.15) is 17.5 Å². The highest BCUT2D eigenvalue weighted by atomic mass is 32.2. The molecule has 1 aromatic carbocycles. The zero-order valence-electron chi connectivity index (χ0n) is 14.4. The van der Waals surface area contributed by atoms with E-state index in [4.69, 9.17) is 5.73 Å². The number of benzene rings is 1. The summed E-state index contributed by atoms with van der Waals surface area (Å²) in [6, 6.07) is 1.36. The van der Waals surface area contributed by atoms with Crippen LogP contribution in [-0.4, -0.2) is 44.4 Å². The number of nitrogens with two attached hydrogens (primary N) is 1. The standard InChI is InChI=1S/C16H21F3N2O4S/c1-10(20)14-5-3-4-8-21(14)26(23,24)11-6-7-12(15(22)25-2)13(9-11)16(17,18)19/h6-7,9-10,14H,3-5,8,20H2,1-2H3. The zero-order valence-corrected chi connectivity index (χ0v) is 15.2. The monoisotopic (exact) mass is 394 g/mol. The Morgan fingerprint density at radius 3 is 2.54 bits per heavy atom. The molecule has 1 fully saturated rings. The van der Waals surface area contributed by atoms with Gasteiger partial charge in [0.05, 0.1) is 23.1 Å². The van der Waals surface area contributed by atoms with Crippen LogP contribution in [0.25, 0.3) is 0 Å². The molecular formula is C16H21F3N2O4S. The second-order valence-electron chi connectivity index (χ2n) is 6.23. The van der Waals surface area contributed by atoms with Gasteiger partial charge >= 0.3 is 12.1 Å². The highest BCUT2D eigenvalue weighted by Crippen LogP contribution is 2.35. The normalized spacial score (nSPS) is 20.6. The smallest absolute Gasteiger partial charge is 0.417 e. The Kier molecular flexibility index (Phi) is 5.99. The Hall–Kier alpha value is -1.65. The molecule has 1 aromatic rings. The second-order valence-corrected chi connectivity index (χ2v) is 8.13. The molecule has 2 N–H and O–H groups in total. The number of carbonyl (C=O) groups excluding carboxylic acids is 1. The van der Waals surface area contributed by atoms with Crippen LogP contribution >= 0.6 is 0 Å². The van der Waals surface area contributed by atoms with Crippen LogP contribution in [0.5, 0.6) is 0 Å². The topological polar surface area (TPSA) is 89.7 Å². The average molecular weight is 394 g/mol. The summed E-state index contributed by atoms with van der Waals surface area (Å²) in [4.78, 5) is 11.1. The fourth-order valence-electron chi connectivity index (χ4n) is 3.10. The third kappa shape index (κ3) is 4.02. The lowest BCUT2D eigenvalue weighted by molar-refractivity contribution is -0.138. The van der Waals surface area contributed by atoms with E-state index in [-0.39, 0.29) is 6.54 Å². The van der Waals surface area contributed by atoms with Gasteiger partial charge < -0.3 is 10.5 Å². The van der Waals surface area contributed by atoms with Gasteiger partial charge in [-0.15, -0.1) is 0 Å². The van der Waals surface area contributed by atoms with Crippen LogP contribution in [0.15, 0.2) is 23.1 Å². The second kappa shape index (κ2) is 7.53. The van der Waals surface area contributed by atoms with Gasteiger partial charge in [-0.3, -0.25) is 0 Å². The van der Waals surface area contributed by atoms with E-state index in [0.29, 0.717) is 18.9 Å². The maximum absolute atomic E-state index is 13.3. The minimum Gasteiger partial charge on any atom is -0.465 e. The van der Waals surface area contributed by atoms with Gasteiger partial charge in [-0.1, -0.05) is 6.42 Å². The first-order valence-electron chi connectivity index (χ1n) is 8.07. The predicted molar refractivity (Wildman–Crippen MR) is 88.0 cm³/mol. The Bertz CT molecular complexity index is 778. The number of hydrogen-bond donors (Lipinski definition) is 1. The summed E-state index contributed by atoms with van der Waals surface area (Å²) >= 11 is 0. The van der Waals surface area contributed by atoms with Crippen LogP contribution < -0.4 is 5.73 Å². The Labute approximate surface area is 150 Å². The van der Waals surface area contributed by atoms with Gasteiger partial charge in [0.1, 0.15) is 0 Å². The lowest BCUT2D eigenvalue weighted by Crippen LogP contribution is -2.51. The number of rotatable bonds is 4. The maximum atomic E-state index is 13.3. The number of methoxy groups -OCH3 is 1. The molecule has 0 amide bonds. The van der Waals surface area contributed by atoms with Crippen LogP contribution in [0.3, 0.4) is 0 Å². The van der Waals surface area contributed by atoms with Crippen molar-refractivity contribution in [1.29, 1.82) is 0 Å². The molecule has 0 spiro atoms. The number of piperidine rings is 1. The molecule has 0 radical (unpaired) electrons. The van der Waals surface area contributed by atoms with Gasteiger partial charge in [0.2, 0.25) is 10.0 Å². The fourth-order valence-corrected chi connectivity index (χ4v) is 4.90. The number of hydrogen-bond acceptors (Lipinski definition) is 5. The molecule has 0 aromatic heterocycles. The molecule has 1 heterocycles. The highest BCUT2D eigenvalue weighted by molar-refractivity contribution is 7.89. The summed E-state index contributed by atoms with van der Waals surface area (Å²) in [6.45, 7) is 1.86. The number of carbonyl (C=O) groups is 1. The molecule has 10 heteroatoms. The lowest BCUT2D eigenvalue weighted by atomic mass is 10.00. The molecular weight excluding hydrogens is 373 g/mol. The molecule has 0 aliphatic carbocycles. The first kappa shape index (κ1) is 20.7. The van der Waals surface area contributed by atoms with Crippen molar-refractivity contribution in [2.75, 3.05) is 13.7 Å². The van der Waals surface area contributed by atoms with Gasteiger partial charge in [0, 0.05) is 18.6 Å². The third-order valence-corrected chi connectivity index (χ3v) is 6.33. The van der Waals surface area contributed by atoms with E-state index >= 15 is 0 Å². The van der Waals surface area contributed by atoms with E-state index in [1.807, 2.05) is 0 Å². The molecule has 1 aliphatic rings. The summed E-state index contributed by atoms with van der Waals surface area (Å²) in [5, 5.41) is 0. The van der Waals surface area contributed by atoms with Gasteiger partial charge in [-0.05, 0) is 38.0 Å². The zero-order chi connectivity index (χ0) is 19.7. The third-order valence-electron chi connectivity index (χ3n) is 4.41. The van der Waals surface area contributed by atoms with Crippen molar-refractivity contribution in [3.05, 3.63) is 29.3 Å². The summed E-state index contributed by atoms with van der Waals surface area (Å²) in [7, 11) is -3.23. The Balaban J connectivity index is 2.54. The molecule has 2 rings (SSSR count). The van der Waals surface area contributed by atoms with Crippen molar-refractivity contribution in [1.82, 2.24) is 4.31 Å². The first-order chi connectivity index (χ1) is 12.0. The van der Waals surface area contributed by atoms with Crippen molar-refractivity contribution < 1.29 is 31.1 Å². The minimum atomic E-state index is -4.91. The molecule has 2 atom stereocenters. The first-order valence-corrected chi connectivity index (χ1v) is 9.51. The SMILES string of the molecule is COC(=O)c1ccc(S(=O)(=O)N2CCCCC2C(C)N)cc1C(F)(F)F. The van der Waals surface area contributed by atoms with Gasteiger partial charge in [0.15, 0.2) is 0 Å². The van der Waals surface area contributed by atoms with Crippen LogP contribution in [-0.2, 0) is 20.9 Å². The maximum Gasteiger partial charge on any atom is 0.417 e. The van der Waals surface area contributed by atoms with Crippen LogP contribution in [0.1, 0.15) is 42.1 Å². The number of sulfonamides is 1. The molecule has 146 valence electrons. The van der Waals surface area contributed by atoms with Crippen molar-refractivity contribution in [3.63, 3.8) is 0 Å². The van der Waals surface area contributed by atoms with E-state index in [0.717, 1.165) is 30.0 Å². The quantitative estimate of drug-likeness (QED) is 0.792. The van der Waals surface area contributed by atoms with Gasteiger partial charge in [-0.25, -0.2) is 13.2 Å². The van der Waals surface area contributed by atoms with Gasteiger partial charge in [0.25, 0.3) is 0 Å². The predicted octanol–water partition coefficient (Wildman–Crippen LogP) is 2.38. The largest absolute Gasteiger partial charge is 0.465 e. The highest BCUT2D eigenvalue weighted by Gasteiger charge is 2.40. The Morgan fingerprint density at radius 2 is 2.00 bits per heavy atom. The fraction of sp³-hybridized carbons (Fsp3) is 0.562. The summed E-state index contributed by atoms with van der Waals surface area (Å²) in [5.41, 5.74) is 3.78. The van der Waals surface area contributed by atoms with Crippen molar-refractivity contribution in [3.8, 4) is 0 Å². The molecule has 6 nitrogen and oxygen atoms in total. The lowest BCUT2D eigenvalue weighted by Gasteiger charge is -2.37. The van der Waals surface area contributed by atoms with Crippen LogP contribution in [0, 0.1) is 0 Å². The Morgan fingerprint density at radius 1 is 1.35 bits per heavy atom. The molecule has 26 heavy (non-hydrogen) atoms. The summed E-state index contributed by atoms with van der Waals surface area (Å²) in [6.07, 6.45) is -2.96. The molecule has 1 aliphatic heterocycles. The molecule has 2 unspecified atom stereocenters. The van der Waals surface area contributed by atoms with Crippen LogP contribution in [0.2, 0.25) is 0 Å². The van der Waals surface area contributed by atoms with Crippen LogP contribution in [0.4, 0.5) is 13.2 Å². The number of halogens is 3. The average Bonchev–Trinajstić information content (AvgIpc) is 2.59. The molecule has 0 bridgehead atoms. The summed E-state index contributed by atoms with van der Waals surface area (Å²) < 4.78 is 71.3. The van der Waals surface area contributed by atoms with E-state index < -0.39 is 50.3 Å². The van der Waals surface area contributed by atoms with E-state index in [1.165, 1.54) is 0 Å².